The second-order valence-electron chi connectivity index (χ2n) is 3.79. The monoisotopic (exact) mass is 245 g/mol. The number of H-pyrrole nitrogens is 1. The van der Waals surface area contributed by atoms with Gasteiger partial charge in [-0.15, -0.1) is 0 Å². The maximum atomic E-state index is 11.4. The Bertz CT molecular complexity index is 748. The fraction of sp³-hybridized carbons (Fsp3) is 0. The van der Waals surface area contributed by atoms with Gasteiger partial charge in [0, 0.05) is 22.0 Å². The predicted octanol–water partition coefficient (Wildman–Crippen LogP) is 2.47. The van der Waals surface area contributed by atoms with Crippen LogP contribution in [0.4, 0.5) is 0 Å². The number of primary amides is 1. The molecule has 0 unspecified atom stereocenters. The molecule has 0 fully saturated rings. The van der Waals surface area contributed by atoms with Crippen molar-refractivity contribution >= 4 is 39.3 Å². The van der Waals surface area contributed by atoms with Crippen molar-refractivity contribution in [2.24, 2.45) is 5.73 Å². The van der Waals surface area contributed by atoms with Gasteiger partial charge in [0.1, 0.15) is 0 Å². The summed E-state index contributed by atoms with van der Waals surface area (Å²) in [5, 5.41) is 2.34. The first-order chi connectivity index (χ1) is 8.16. The highest BCUT2D eigenvalue weighted by atomic mass is 35.5. The van der Waals surface area contributed by atoms with Crippen LogP contribution in [0.3, 0.4) is 0 Å². The maximum Gasteiger partial charge on any atom is 0.250 e. The summed E-state index contributed by atoms with van der Waals surface area (Å²) in [6.45, 7) is 0. The molecule has 0 aliphatic heterocycles. The lowest BCUT2D eigenvalue weighted by Crippen LogP contribution is -2.11. The molecule has 2 aromatic heterocycles. The molecule has 3 N–H and O–H groups in total. The van der Waals surface area contributed by atoms with Crippen molar-refractivity contribution in [2.75, 3.05) is 0 Å². The zero-order valence-corrected chi connectivity index (χ0v) is 9.45. The molecule has 0 radical (unpaired) electrons. The molecule has 0 spiro atoms. The topological polar surface area (TPSA) is 71.8 Å². The smallest absolute Gasteiger partial charge is 0.250 e. The van der Waals surface area contributed by atoms with Gasteiger partial charge in [-0.2, -0.15) is 0 Å². The molecule has 0 bridgehead atoms. The van der Waals surface area contributed by atoms with Crippen molar-refractivity contribution in [1.82, 2.24) is 9.97 Å². The van der Waals surface area contributed by atoms with E-state index in [1.165, 1.54) is 0 Å². The Balaban J connectivity index is 2.55. The SMILES string of the molecule is NC(=O)c1cc(Cl)cc2c1[nH]c1cnccc12. The first-order valence-corrected chi connectivity index (χ1v) is 5.39. The Morgan fingerprint density at radius 1 is 1.35 bits per heavy atom. The second-order valence-corrected chi connectivity index (χ2v) is 4.22. The predicted molar refractivity (Wildman–Crippen MR) is 67.1 cm³/mol. The third kappa shape index (κ3) is 1.45. The number of fused-ring (bicyclic) bond motifs is 3. The van der Waals surface area contributed by atoms with Crippen LogP contribution in [-0.2, 0) is 0 Å². The van der Waals surface area contributed by atoms with Gasteiger partial charge in [0.2, 0.25) is 0 Å². The number of pyridine rings is 1. The largest absolute Gasteiger partial charge is 0.366 e. The van der Waals surface area contributed by atoms with Gasteiger partial charge < -0.3 is 10.7 Å². The fourth-order valence-corrected chi connectivity index (χ4v) is 2.23. The first-order valence-electron chi connectivity index (χ1n) is 5.01. The van der Waals surface area contributed by atoms with E-state index in [2.05, 4.69) is 9.97 Å². The van der Waals surface area contributed by atoms with E-state index >= 15 is 0 Å². The lowest BCUT2D eigenvalue weighted by Gasteiger charge is -1.99. The van der Waals surface area contributed by atoms with Crippen LogP contribution >= 0.6 is 11.6 Å². The molecule has 4 nitrogen and oxygen atoms in total. The molecule has 0 saturated heterocycles. The number of carbonyl (C=O) groups is 1. The third-order valence-corrected chi connectivity index (χ3v) is 2.96. The van der Waals surface area contributed by atoms with Crippen molar-refractivity contribution < 1.29 is 4.79 Å². The molecule has 1 amide bonds. The number of halogens is 1. The molecule has 0 atom stereocenters. The molecule has 5 heteroatoms. The van der Waals surface area contributed by atoms with Crippen LogP contribution in [0.15, 0.2) is 30.6 Å². The maximum absolute atomic E-state index is 11.4. The molecular formula is C12H8ClN3O. The number of nitrogens with zero attached hydrogens (tertiary/aromatic N) is 1. The number of hydrogen-bond acceptors (Lipinski definition) is 2. The molecule has 2 heterocycles. The van der Waals surface area contributed by atoms with Crippen LogP contribution in [0, 0.1) is 0 Å². The highest BCUT2D eigenvalue weighted by molar-refractivity contribution is 6.32. The molecule has 3 rings (SSSR count). The molecular weight excluding hydrogens is 238 g/mol. The number of hydrogen-bond donors (Lipinski definition) is 2. The van der Waals surface area contributed by atoms with Crippen LogP contribution in [0.5, 0.6) is 0 Å². The van der Waals surface area contributed by atoms with E-state index in [1.54, 1.807) is 18.5 Å². The van der Waals surface area contributed by atoms with Gasteiger partial charge >= 0.3 is 0 Å². The molecule has 84 valence electrons. The first kappa shape index (κ1) is 10.1. The molecule has 0 saturated carbocycles. The Hall–Kier alpha value is -2.07. The van der Waals surface area contributed by atoms with Crippen molar-refractivity contribution in [3.63, 3.8) is 0 Å². The number of nitrogens with two attached hydrogens (primary N) is 1. The van der Waals surface area contributed by atoms with Crippen molar-refractivity contribution in [3.05, 3.63) is 41.2 Å². The zero-order valence-electron chi connectivity index (χ0n) is 8.70. The zero-order chi connectivity index (χ0) is 12.0. The number of aromatic nitrogens is 2. The third-order valence-electron chi connectivity index (χ3n) is 2.74. The van der Waals surface area contributed by atoms with E-state index in [9.17, 15) is 4.79 Å². The second kappa shape index (κ2) is 3.46. The summed E-state index contributed by atoms with van der Waals surface area (Å²) in [4.78, 5) is 18.5. The summed E-state index contributed by atoms with van der Waals surface area (Å²) in [6.07, 6.45) is 3.40. The number of amides is 1. The highest BCUT2D eigenvalue weighted by Gasteiger charge is 2.12. The van der Waals surface area contributed by atoms with Crippen LogP contribution < -0.4 is 5.73 Å². The van der Waals surface area contributed by atoms with Gasteiger partial charge in [0.15, 0.2) is 0 Å². The van der Waals surface area contributed by atoms with Crippen LogP contribution in [-0.4, -0.2) is 15.9 Å². The van der Waals surface area contributed by atoms with Gasteiger partial charge in [0.05, 0.1) is 22.8 Å². The van der Waals surface area contributed by atoms with Gasteiger partial charge in [-0.25, -0.2) is 0 Å². The molecule has 3 aromatic rings. The van der Waals surface area contributed by atoms with Crippen molar-refractivity contribution in [3.8, 4) is 0 Å². The van der Waals surface area contributed by atoms with E-state index in [0.717, 1.165) is 16.3 Å². The Labute approximate surface area is 101 Å². The van der Waals surface area contributed by atoms with Gasteiger partial charge in [-0.1, -0.05) is 11.6 Å². The van der Waals surface area contributed by atoms with Gasteiger partial charge in [-0.05, 0) is 18.2 Å². The number of aromatic amines is 1. The fourth-order valence-electron chi connectivity index (χ4n) is 2.01. The minimum atomic E-state index is -0.503. The van der Waals surface area contributed by atoms with Gasteiger partial charge in [0.25, 0.3) is 5.91 Å². The normalized spacial score (nSPS) is 11.1. The average Bonchev–Trinajstić information content (AvgIpc) is 2.66. The van der Waals surface area contributed by atoms with E-state index in [-0.39, 0.29) is 0 Å². The number of rotatable bonds is 1. The standard InChI is InChI=1S/C12H8ClN3O/c13-6-3-8-7-1-2-15-5-10(7)16-11(8)9(4-6)12(14)17/h1-5,16H,(H2,14,17). The van der Waals surface area contributed by atoms with Crippen LogP contribution in [0.1, 0.15) is 10.4 Å². The Morgan fingerprint density at radius 2 is 2.18 bits per heavy atom. The van der Waals surface area contributed by atoms with Crippen LogP contribution in [0.25, 0.3) is 21.8 Å². The summed E-state index contributed by atoms with van der Waals surface area (Å²) in [6, 6.07) is 5.24. The summed E-state index contributed by atoms with van der Waals surface area (Å²) in [5.74, 6) is -0.503. The Kier molecular flexibility index (Phi) is 2.06. The highest BCUT2D eigenvalue weighted by Crippen LogP contribution is 2.29. The van der Waals surface area contributed by atoms with Gasteiger partial charge in [-0.3, -0.25) is 9.78 Å². The van der Waals surface area contributed by atoms with Crippen molar-refractivity contribution in [2.45, 2.75) is 0 Å². The van der Waals surface area contributed by atoms with E-state index in [0.29, 0.717) is 16.1 Å². The average molecular weight is 246 g/mol. The summed E-state index contributed by atoms with van der Waals surface area (Å²) >= 11 is 5.99. The minimum absolute atomic E-state index is 0.392. The molecule has 0 aliphatic carbocycles. The Morgan fingerprint density at radius 3 is 2.94 bits per heavy atom. The van der Waals surface area contributed by atoms with Crippen LogP contribution in [0.2, 0.25) is 5.02 Å². The number of nitrogens with one attached hydrogen (secondary N) is 1. The molecule has 17 heavy (non-hydrogen) atoms. The summed E-state index contributed by atoms with van der Waals surface area (Å²) in [5.41, 5.74) is 7.28. The lowest BCUT2D eigenvalue weighted by atomic mass is 10.1. The number of benzene rings is 1. The quantitative estimate of drug-likeness (QED) is 0.691. The molecule has 1 aromatic carbocycles. The lowest BCUT2D eigenvalue weighted by molar-refractivity contribution is 0.100. The van der Waals surface area contributed by atoms with E-state index < -0.39 is 5.91 Å². The van der Waals surface area contributed by atoms with E-state index in [1.807, 2.05) is 12.1 Å². The van der Waals surface area contributed by atoms with E-state index in [4.69, 9.17) is 17.3 Å². The summed E-state index contributed by atoms with van der Waals surface area (Å²) < 4.78 is 0. The van der Waals surface area contributed by atoms with Crippen molar-refractivity contribution in [1.29, 1.82) is 0 Å². The minimum Gasteiger partial charge on any atom is -0.366 e. The number of carbonyl (C=O) groups excluding carboxylic acids is 1. The molecule has 0 aliphatic rings. The summed E-state index contributed by atoms with van der Waals surface area (Å²) in [7, 11) is 0.